The molecule has 1 heterocycles. The molecule has 0 saturated heterocycles. The van der Waals surface area contributed by atoms with Gasteiger partial charge in [0, 0.05) is 19.4 Å². The number of benzene rings is 1. The first-order valence-corrected chi connectivity index (χ1v) is 7.86. The standard InChI is InChI=1S/C17H14N2O2S/c1-21-12-13-5-2-8-15(11-13)22(20)19-16-9-3-6-14-7-4-10-18-17(14)16/h2,4-5,7-11,19H,12H2,1H3. The Balaban J connectivity index is 1.88. The zero-order valence-electron chi connectivity index (χ0n) is 12.0. The van der Waals surface area contributed by atoms with Gasteiger partial charge >= 0.3 is 0 Å². The van der Waals surface area contributed by atoms with Crippen LogP contribution in [0, 0.1) is 12.1 Å². The Morgan fingerprint density at radius 2 is 2.23 bits per heavy atom. The van der Waals surface area contributed by atoms with Gasteiger partial charge in [0.15, 0.2) is 0 Å². The molecule has 3 aromatic rings. The predicted octanol–water partition coefficient (Wildman–Crippen LogP) is 3.12. The zero-order valence-corrected chi connectivity index (χ0v) is 12.8. The molecule has 0 aliphatic heterocycles. The van der Waals surface area contributed by atoms with Crippen LogP contribution in [0.4, 0.5) is 5.69 Å². The lowest BCUT2D eigenvalue weighted by Crippen LogP contribution is -2.06. The number of pyridine rings is 1. The highest BCUT2D eigenvalue weighted by Crippen LogP contribution is 2.20. The van der Waals surface area contributed by atoms with Gasteiger partial charge in [0.05, 0.1) is 22.6 Å². The fourth-order valence-electron chi connectivity index (χ4n) is 2.13. The number of aromatic nitrogens is 1. The molecular weight excluding hydrogens is 296 g/mol. The first-order valence-electron chi connectivity index (χ1n) is 6.71. The van der Waals surface area contributed by atoms with Crippen LogP contribution in [0.1, 0.15) is 5.56 Å². The van der Waals surface area contributed by atoms with Crippen molar-refractivity contribution in [2.45, 2.75) is 11.5 Å². The molecule has 1 N–H and O–H groups in total. The number of anilines is 1. The molecular formula is C17H14N2O2S. The maximum absolute atomic E-state index is 12.5. The van der Waals surface area contributed by atoms with Gasteiger partial charge in [-0.15, -0.1) is 0 Å². The Bertz CT molecular complexity index is 815. The normalized spacial score (nSPS) is 11.9. The highest BCUT2D eigenvalue weighted by atomic mass is 32.2. The summed E-state index contributed by atoms with van der Waals surface area (Å²) in [7, 11) is 0.251. The van der Waals surface area contributed by atoms with Gasteiger partial charge in [-0.3, -0.25) is 9.71 Å². The second-order valence-electron chi connectivity index (χ2n) is 4.68. The summed E-state index contributed by atoms with van der Waals surface area (Å²) >= 11 is 0. The SMILES string of the molecule is COCc1cccc(S(=O)Nc2cc#cc3cccnc23)c1. The Morgan fingerprint density at radius 1 is 1.32 bits per heavy atom. The number of hydrogen-bond donors (Lipinski definition) is 1. The van der Waals surface area contributed by atoms with Crippen LogP contribution in [0.5, 0.6) is 0 Å². The lowest BCUT2D eigenvalue weighted by Gasteiger charge is -2.08. The minimum Gasteiger partial charge on any atom is -0.380 e. The zero-order chi connectivity index (χ0) is 15.4. The lowest BCUT2D eigenvalue weighted by molar-refractivity contribution is 0.184. The molecule has 0 aliphatic carbocycles. The summed E-state index contributed by atoms with van der Waals surface area (Å²) in [6.07, 6.45) is 1.70. The van der Waals surface area contributed by atoms with E-state index in [1.54, 1.807) is 19.4 Å². The van der Waals surface area contributed by atoms with Crippen molar-refractivity contribution in [3.8, 4) is 0 Å². The van der Waals surface area contributed by atoms with E-state index in [0.29, 0.717) is 17.2 Å². The van der Waals surface area contributed by atoms with E-state index in [1.165, 1.54) is 0 Å². The monoisotopic (exact) mass is 310 g/mol. The molecule has 0 bridgehead atoms. The van der Waals surface area contributed by atoms with Crippen LogP contribution in [-0.2, 0) is 22.3 Å². The maximum Gasteiger partial charge on any atom is 0.150 e. The number of nitrogens with one attached hydrogen (secondary N) is 1. The van der Waals surface area contributed by atoms with Crippen LogP contribution < -0.4 is 4.72 Å². The first kappa shape index (κ1) is 14.5. The highest BCUT2D eigenvalue weighted by Gasteiger charge is 2.08. The van der Waals surface area contributed by atoms with Gasteiger partial charge in [-0.1, -0.05) is 24.3 Å². The number of methoxy groups -OCH3 is 1. The average molecular weight is 310 g/mol. The Kier molecular flexibility index (Phi) is 4.33. The molecule has 1 aromatic heterocycles. The summed E-state index contributed by atoms with van der Waals surface area (Å²) in [4.78, 5) is 4.99. The molecule has 110 valence electrons. The fourth-order valence-corrected chi connectivity index (χ4v) is 3.06. The van der Waals surface area contributed by atoms with Gasteiger partial charge in [0.25, 0.3) is 0 Å². The topological polar surface area (TPSA) is 51.2 Å². The third-order valence-electron chi connectivity index (χ3n) is 3.11. The van der Waals surface area contributed by atoms with Gasteiger partial charge in [-0.05, 0) is 29.8 Å². The fraction of sp³-hybridized carbons (Fsp3) is 0.118. The predicted molar refractivity (Wildman–Crippen MR) is 86.6 cm³/mol. The smallest absolute Gasteiger partial charge is 0.150 e. The van der Waals surface area contributed by atoms with Gasteiger partial charge < -0.3 is 4.74 Å². The molecule has 0 amide bonds. The first-order chi connectivity index (χ1) is 10.8. The molecule has 1 atom stereocenters. The highest BCUT2D eigenvalue weighted by molar-refractivity contribution is 7.86. The van der Waals surface area contributed by atoms with Crippen molar-refractivity contribution in [2.24, 2.45) is 0 Å². The molecule has 0 spiro atoms. The van der Waals surface area contributed by atoms with Gasteiger partial charge in [-0.2, -0.15) is 0 Å². The second-order valence-corrected chi connectivity index (χ2v) is 5.89. The number of ether oxygens (including phenoxy) is 1. The van der Waals surface area contributed by atoms with Crippen LogP contribution in [-0.4, -0.2) is 16.3 Å². The molecule has 0 aliphatic rings. The summed E-state index contributed by atoms with van der Waals surface area (Å²) in [6, 6.07) is 18.8. The molecule has 0 saturated carbocycles. The summed E-state index contributed by atoms with van der Waals surface area (Å²) in [5.74, 6) is 0. The molecule has 2 aromatic carbocycles. The minimum atomic E-state index is -1.38. The van der Waals surface area contributed by atoms with Crippen molar-refractivity contribution < 1.29 is 8.95 Å². The number of fused-ring (bicyclic) bond motifs is 1. The largest absolute Gasteiger partial charge is 0.380 e. The molecule has 0 fully saturated rings. The van der Waals surface area contributed by atoms with E-state index < -0.39 is 11.0 Å². The van der Waals surface area contributed by atoms with Gasteiger partial charge in [0.1, 0.15) is 16.5 Å². The quantitative estimate of drug-likeness (QED) is 0.788. The summed E-state index contributed by atoms with van der Waals surface area (Å²) in [5.41, 5.74) is 2.37. The summed E-state index contributed by atoms with van der Waals surface area (Å²) < 4.78 is 20.6. The molecule has 4 nitrogen and oxygen atoms in total. The summed E-state index contributed by atoms with van der Waals surface area (Å²) in [6.45, 7) is 0.490. The number of hydrogen-bond acceptors (Lipinski definition) is 3. The molecule has 5 heteroatoms. The Labute approximate surface area is 131 Å². The van der Waals surface area contributed by atoms with E-state index in [1.807, 2.05) is 36.4 Å². The van der Waals surface area contributed by atoms with E-state index >= 15 is 0 Å². The van der Waals surface area contributed by atoms with Crippen molar-refractivity contribution in [1.29, 1.82) is 0 Å². The molecule has 1 unspecified atom stereocenters. The third-order valence-corrected chi connectivity index (χ3v) is 4.20. The Hall–Kier alpha value is -2.42. The van der Waals surface area contributed by atoms with Gasteiger partial charge in [-0.25, -0.2) is 4.21 Å². The second kappa shape index (κ2) is 6.56. The van der Waals surface area contributed by atoms with Crippen molar-refractivity contribution >= 4 is 27.6 Å². The van der Waals surface area contributed by atoms with Crippen LogP contribution >= 0.6 is 0 Å². The van der Waals surface area contributed by atoms with Crippen molar-refractivity contribution in [2.75, 3.05) is 11.8 Å². The third kappa shape index (κ3) is 3.08. The van der Waals surface area contributed by atoms with E-state index in [0.717, 1.165) is 16.5 Å². The Morgan fingerprint density at radius 3 is 3.09 bits per heavy atom. The number of nitrogens with zero attached hydrogens (tertiary/aromatic N) is 1. The van der Waals surface area contributed by atoms with Crippen molar-refractivity contribution in [3.05, 3.63) is 66.4 Å². The van der Waals surface area contributed by atoms with E-state index in [2.05, 4.69) is 21.8 Å². The molecule has 3 rings (SSSR count). The van der Waals surface area contributed by atoms with E-state index in [9.17, 15) is 4.21 Å². The molecule has 0 radical (unpaired) electrons. The van der Waals surface area contributed by atoms with Crippen LogP contribution in [0.25, 0.3) is 10.9 Å². The maximum atomic E-state index is 12.5. The van der Waals surface area contributed by atoms with Crippen LogP contribution in [0.2, 0.25) is 0 Å². The van der Waals surface area contributed by atoms with E-state index in [-0.39, 0.29) is 0 Å². The van der Waals surface area contributed by atoms with Crippen LogP contribution in [0.15, 0.2) is 53.6 Å². The average Bonchev–Trinajstić information content (AvgIpc) is 2.56. The van der Waals surface area contributed by atoms with Crippen molar-refractivity contribution in [3.63, 3.8) is 0 Å². The minimum absolute atomic E-state index is 0.490. The summed E-state index contributed by atoms with van der Waals surface area (Å²) in [5, 5.41) is 0.831. The van der Waals surface area contributed by atoms with Crippen LogP contribution in [0.3, 0.4) is 0 Å². The number of rotatable bonds is 5. The van der Waals surface area contributed by atoms with Crippen molar-refractivity contribution in [1.82, 2.24) is 4.98 Å². The van der Waals surface area contributed by atoms with Gasteiger partial charge in [0.2, 0.25) is 0 Å². The molecule has 22 heavy (non-hydrogen) atoms. The lowest BCUT2D eigenvalue weighted by atomic mass is 10.2. The van der Waals surface area contributed by atoms with E-state index in [4.69, 9.17) is 4.74 Å².